The molecule has 3 rings (SSSR count). The lowest BCUT2D eigenvalue weighted by atomic mass is 9.75. The van der Waals surface area contributed by atoms with Crippen LogP contribution in [-0.4, -0.2) is 34.0 Å². The fraction of sp³-hybridized carbons (Fsp3) is 0.368. The van der Waals surface area contributed by atoms with Crippen molar-refractivity contribution >= 4 is 17.3 Å². The van der Waals surface area contributed by atoms with Gasteiger partial charge in [-0.15, -0.1) is 17.9 Å². The SMILES string of the molecule is C=CCC1(C(=O)O)CCN(Cc2cccc(-c3cccs3)n2)CC1. The topological polar surface area (TPSA) is 53.4 Å². The summed E-state index contributed by atoms with van der Waals surface area (Å²) in [5, 5.41) is 11.6. The molecule has 0 spiro atoms. The van der Waals surface area contributed by atoms with Crippen LogP contribution in [0.2, 0.25) is 0 Å². The largest absolute Gasteiger partial charge is 0.481 e. The number of piperidine rings is 1. The third-order valence-electron chi connectivity index (χ3n) is 4.77. The first kappa shape index (κ1) is 16.9. The Bertz CT molecular complexity index is 704. The van der Waals surface area contributed by atoms with E-state index in [1.165, 1.54) is 4.88 Å². The minimum Gasteiger partial charge on any atom is -0.481 e. The molecular weight excluding hydrogens is 320 g/mol. The zero-order valence-corrected chi connectivity index (χ0v) is 14.5. The number of nitrogens with zero attached hydrogens (tertiary/aromatic N) is 2. The number of aliphatic carboxylic acids is 1. The molecule has 0 radical (unpaired) electrons. The fourth-order valence-electron chi connectivity index (χ4n) is 3.28. The Morgan fingerprint density at radius 1 is 1.33 bits per heavy atom. The van der Waals surface area contributed by atoms with E-state index in [2.05, 4.69) is 22.9 Å². The molecule has 1 N–H and O–H groups in total. The molecule has 4 nitrogen and oxygen atoms in total. The summed E-state index contributed by atoms with van der Waals surface area (Å²) in [4.78, 5) is 19.9. The van der Waals surface area contributed by atoms with Crippen LogP contribution >= 0.6 is 11.3 Å². The van der Waals surface area contributed by atoms with Gasteiger partial charge in [0.1, 0.15) is 0 Å². The number of carboxylic acid groups (broad SMARTS) is 1. The first-order valence-electron chi connectivity index (χ1n) is 8.19. The van der Waals surface area contributed by atoms with Crippen molar-refractivity contribution in [3.05, 3.63) is 54.1 Å². The normalized spacial score (nSPS) is 17.5. The number of hydrogen-bond acceptors (Lipinski definition) is 4. The second-order valence-corrected chi connectivity index (χ2v) is 7.29. The molecule has 2 aromatic heterocycles. The van der Waals surface area contributed by atoms with Crippen molar-refractivity contribution in [1.29, 1.82) is 0 Å². The Kier molecular flexibility index (Phi) is 5.11. The Morgan fingerprint density at radius 2 is 2.12 bits per heavy atom. The first-order valence-corrected chi connectivity index (χ1v) is 9.07. The Hall–Kier alpha value is -1.98. The highest BCUT2D eigenvalue weighted by molar-refractivity contribution is 7.13. The number of rotatable bonds is 6. The van der Waals surface area contributed by atoms with E-state index >= 15 is 0 Å². The molecule has 0 aliphatic carbocycles. The lowest BCUT2D eigenvalue weighted by molar-refractivity contribution is -0.152. The predicted molar refractivity (Wildman–Crippen MR) is 96.9 cm³/mol. The van der Waals surface area contributed by atoms with Gasteiger partial charge in [0.05, 0.1) is 21.7 Å². The minimum absolute atomic E-state index is 0.544. The summed E-state index contributed by atoms with van der Waals surface area (Å²) in [7, 11) is 0. The molecule has 0 saturated carbocycles. The molecule has 1 aliphatic heterocycles. The van der Waals surface area contributed by atoms with Crippen molar-refractivity contribution in [1.82, 2.24) is 9.88 Å². The summed E-state index contributed by atoms with van der Waals surface area (Å²) in [6, 6.07) is 10.2. The molecule has 0 aromatic carbocycles. The lowest BCUT2D eigenvalue weighted by Crippen LogP contribution is -2.43. The van der Waals surface area contributed by atoms with Crippen LogP contribution in [0.25, 0.3) is 10.6 Å². The van der Waals surface area contributed by atoms with Gasteiger partial charge >= 0.3 is 5.97 Å². The summed E-state index contributed by atoms with van der Waals surface area (Å²) >= 11 is 1.69. The van der Waals surface area contributed by atoms with Crippen molar-refractivity contribution in [2.75, 3.05) is 13.1 Å². The third kappa shape index (κ3) is 3.57. The molecule has 24 heavy (non-hydrogen) atoms. The third-order valence-corrected chi connectivity index (χ3v) is 5.66. The number of carboxylic acids is 1. The van der Waals surface area contributed by atoms with Crippen molar-refractivity contribution in [3.8, 4) is 10.6 Å². The van der Waals surface area contributed by atoms with Gasteiger partial charge in [0, 0.05) is 6.54 Å². The smallest absolute Gasteiger partial charge is 0.310 e. The lowest BCUT2D eigenvalue weighted by Gasteiger charge is -2.38. The Balaban J connectivity index is 1.65. The average molecular weight is 342 g/mol. The molecular formula is C19H22N2O2S. The summed E-state index contributed by atoms with van der Waals surface area (Å²) in [5.74, 6) is -0.695. The Morgan fingerprint density at radius 3 is 2.75 bits per heavy atom. The van der Waals surface area contributed by atoms with Gasteiger partial charge in [-0.05, 0) is 55.9 Å². The minimum atomic E-state index is -0.695. The van der Waals surface area contributed by atoms with Crippen LogP contribution in [0, 0.1) is 5.41 Å². The molecule has 1 aliphatic rings. The molecule has 1 fully saturated rings. The van der Waals surface area contributed by atoms with E-state index in [0.717, 1.165) is 31.0 Å². The standard InChI is InChI=1S/C19H22N2O2S/c1-2-8-19(18(22)23)9-11-21(12-10-19)14-15-5-3-6-16(20-15)17-7-4-13-24-17/h2-7,13H,1,8-12,14H2,(H,22,23). The second-order valence-electron chi connectivity index (χ2n) is 6.35. The molecule has 3 heterocycles. The number of carbonyl (C=O) groups is 1. The molecule has 0 amide bonds. The molecule has 0 bridgehead atoms. The van der Waals surface area contributed by atoms with Crippen LogP contribution in [0.5, 0.6) is 0 Å². The van der Waals surface area contributed by atoms with Crippen LogP contribution < -0.4 is 0 Å². The zero-order valence-electron chi connectivity index (χ0n) is 13.6. The van der Waals surface area contributed by atoms with Gasteiger partial charge in [-0.1, -0.05) is 18.2 Å². The van der Waals surface area contributed by atoms with Gasteiger partial charge in [-0.2, -0.15) is 0 Å². The van der Waals surface area contributed by atoms with Crippen LogP contribution in [0.1, 0.15) is 25.0 Å². The van der Waals surface area contributed by atoms with Gasteiger partial charge in [0.25, 0.3) is 0 Å². The van der Waals surface area contributed by atoms with Gasteiger partial charge < -0.3 is 5.11 Å². The second kappa shape index (κ2) is 7.28. The van der Waals surface area contributed by atoms with E-state index in [1.807, 2.05) is 24.3 Å². The Labute approximate surface area is 146 Å². The summed E-state index contributed by atoms with van der Waals surface area (Å²) in [5.41, 5.74) is 1.41. The summed E-state index contributed by atoms with van der Waals surface area (Å²) in [6.07, 6.45) is 3.61. The molecule has 5 heteroatoms. The number of hydrogen-bond donors (Lipinski definition) is 1. The molecule has 0 atom stereocenters. The highest BCUT2D eigenvalue weighted by Gasteiger charge is 2.40. The number of pyridine rings is 1. The van der Waals surface area contributed by atoms with Crippen molar-refractivity contribution in [2.24, 2.45) is 5.41 Å². The van der Waals surface area contributed by atoms with Crippen molar-refractivity contribution in [2.45, 2.75) is 25.8 Å². The van der Waals surface area contributed by atoms with E-state index in [1.54, 1.807) is 17.4 Å². The quantitative estimate of drug-likeness (QED) is 0.805. The first-order chi connectivity index (χ1) is 11.6. The van der Waals surface area contributed by atoms with Crippen LogP contribution in [0.4, 0.5) is 0 Å². The predicted octanol–water partition coefficient (Wildman–Crippen LogP) is 4.05. The highest BCUT2D eigenvalue weighted by atomic mass is 32.1. The zero-order chi connectivity index (χ0) is 17.0. The maximum atomic E-state index is 11.6. The number of aromatic nitrogens is 1. The van der Waals surface area contributed by atoms with E-state index < -0.39 is 11.4 Å². The summed E-state index contributed by atoms with van der Waals surface area (Å²) < 4.78 is 0. The monoisotopic (exact) mass is 342 g/mol. The van der Waals surface area contributed by atoms with E-state index in [4.69, 9.17) is 4.98 Å². The number of thiophene rings is 1. The molecule has 2 aromatic rings. The molecule has 0 unspecified atom stereocenters. The van der Waals surface area contributed by atoms with Crippen LogP contribution in [-0.2, 0) is 11.3 Å². The molecule has 1 saturated heterocycles. The molecule has 126 valence electrons. The van der Waals surface area contributed by atoms with Gasteiger partial charge in [0.15, 0.2) is 0 Å². The highest BCUT2D eigenvalue weighted by Crippen LogP contribution is 2.36. The van der Waals surface area contributed by atoms with Crippen LogP contribution in [0.15, 0.2) is 48.4 Å². The summed E-state index contributed by atoms with van der Waals surface area (Å²) in [6.45, 7) is 6.05. The van der Waals surface area contributed by atoms with Crippen LogP contribution in [0.3, 0.4) is 0 Å². The van der Waals surface area contributed by atoms with Gasteiger partial charge in [-0.25, -0.2) is 0 Å². The average Bonchev–Trinajstić information content (AvgIpc) is 3.12. The van der Waals surface area contributed by atoms with E-state index in [0.29, 0.717) is 19.3 Å². The van der Waals surface area contributed by atoms with E-state index in [9.17, 15) is 9.90 Å². The van der Waals surface area contributed by atoms with Crippen molar-refractivity contribution in [3.63, 3.8) is 0 Å². The van der Waals surface area contributed by atoms with Crippen molar-refractivity contribution < 1.29 is 9.90 Å². The maximum absolute atomic E-state index is 11.6. The van der Waals surface area contributed by atoms with E-state index in [-0.39, 0.29) is 0 Å². The van der Waals surface area contributed by atoms with Gasteiger partial charge in [-0.3, -0.25) is 14.7 Å². The maximum Gasteiger partial charge on any atom is 0.310 e. The fourth-order valence-corrected chi connectivity index (χ4v) is 3.97. The van der Waals surface area contributed by atoms with Gasteiger partial charge in [0.2, 0.25) is 0 Å². The number of likely N-dealkylation sites (tertiary alicyclic amines) is 1. The number of allylic oxidation sites excluding steroid dienone is 1.